The van der Waals surface area contributed by atoms with Crippen LogP contribution < -0.4 is 5.73 Å². The van der Waals surface area contributed by atoms with E-state index in [1.807, 2.05) is 11.4 Å². The van der Waals surface area contributed by atoms with Gasteiger partial charge < -0.3 is 10.3 Å². The van der Waals surface area contributed by atoms with Crippen LogP contribution >= 0.6 is 33.9 Å². The lowest BCUT2D eigenvalue weighted by Crippen LogP contribution is -1.89. The Kier molecular flexibility index (Phi) is 3.47. The van der Waals surface area contributed by atoms with Gasteiger partial charge in [0.15, 0.2) is 0 Å². The van der Waals surface area contributed by atoms with E-state index in [9.17, 15) is 8.78 Å². The molecule has 3 nitrogen and oxygen atoms in total. The largest absolute Gasteiger partial charge is 0.367 e. The van der Waals surface area contributed by atoms with Crippen LogP contribution in [0.1, 0.15) is 0 Å². The molecule has 0 bridgehead atoms. The fourth-order valence-corrected chi connectivity index (χ4v) is 3.24. The summed E-state index contributed by atoms with van der Waals surface area (Å²) in [5.74, 6) is -1.32. The summed E-state index contributed by atoms with van der Waals surface area (Å²) in [4.78, 5) is 0. The van der Waals surface area contributed by atoms with E-state index in [1.54, 1.807) is 0 Å². The van der Waals surface area contributed by atoms with Crippen molar-refractivity contribution in [2.45, 2.75) is 0 Å². The standard InChI is InChI=1S/C13H7F2IN2OS/c14-8-1-6(2-9(15)4-8)11-12(18-19-13(11)17)7-3-10(16)20-5-7/h1-5H,17H2. The molecule has 0 unspecified atom stereocenters. The number of rotatable bonds is 2. The van der Waals surface area contributed by atoms with Gasteiger partial charge in [0, 0.05) is 17.0 Å². The van der Waals surface area contributed by atoms with Crippen LogP contribution in [0.4, 0.5) is 14.7 Å². The van der Waals surface area contributed by atoms with E-state index in [0.29, 0.717) is 16.8 Å². The van der Waals surface area contributed by atoms with Crippen molar-refractivity contribution in [2.75, 3.05) is 5.73 Å². The van der Waals surface area contributed by atoms with Crippen molar-refractivity contribution in [3.8, 4) is 22.4 Å². The molecule has 0 amide bonds. The minimum absolute atomic E-state index is 0.0335. The number of nitrogens with zero attached hydrogens (tertiary/aromatic N) is 1. The molecule has 102 valence electrons. The molecule has 0 fully saturated rings. The molecule has 0 aliphatic carbocycles. The lowest BCUT2D eigenvalue weighted by Gasteiger charge is -2.02. The fourth-order valence-electron chi connectivity index (χ4n) is 1.91. The Balaban J connectivity index is 2.21. The van der Waals surface area contributed by atoms with E-state index in [0.717, 1.165) is 14.5 Å². The molecular weight excluding hydrogens is 397 g/mol. The molecule has 1 aromatic carbocycles. The number of thiophene rings is 1. The smallest absolute Gasteiger partial charge is 0.230 e. The highest BCUT2D eigenvalue weighted by atomic mass is 127. The summed E-state index contributed by atoms with van der Waals surface area (Å²) < 4.78 is 32.8. The molecule has 3 aromatic rings. The molecule has 2 aromatic heterocycles. The van der Waals surface area contributed by atoms with Gasteiger partial charge >= 0.3 is 0 Å². The number of halogens is 3. The molecule has 2 heterocycles. The minimum Gasteiger partial charge on any atom is -0.367 e. The third-order valence-electron chi connectivity index (χ3n) is 2.71. The van der Waals surface area contributed by atoms with Crippen molar-refractivity contribution in [1.29, 1.82) is 0 Å². The van der Waals surface area contributed by atoms with Crippen molar-refractivity contribution < 1.29 is 13.3 Å². The number of anilines is 1. The maximum Gasteiger partial charge on any atom is 0.230 e. The van der Waals surface area contributed by atoms with Gasteiger partial charge in [-0.1, -0.05) is 5.16 Å². The highest BCUT2D eigenvalue weighted by Gasteiger charge is 2.19. The predicted molar refractivity (Wildman–Crippen MR) is 82.3 cm³/mol. The first-order valence-electron chi connectivity index (χ1n) is 5.50. The van der Waals surface area contributed by atoms with Gasteiger partial charge in [0.2, 0.25) is 5.88 Å². The number of hydrogen-bond acceptors (Lipinski definition) is 4. The second-order valence-electron chi connectivity index (χ2n) is 4.07. The van der Waals surface area contributed by atoms with Crippen LogP contribution in [0, 0.1) is 14.5 Å². The molecule has 20 heavy (non-hydrogen) atoms. The summed E-state index contributed by atoms with van der Waals surface area (Å²) in [6.45, 7) is 0. The summed E-state index contributed by atoms with van der Waals surface area (Å²) in [7, 11) is 0. The van der Waals surface area contributed by atoms with Crippen LogP contribution in [-0.2, 0) is 0 Å². The van der Waals surface area contributed by atoms with E-state index in [1.165, 1.54) is 23.5 Å². The highest BCUT2D eigenvalue weighted by molar-refractivity contribution is 14.1. The van der Waals surface area contributed by atoms with Gasteiger partial charge in [0.25, 0.3) is 0 Å². The number of benzene rings is 1. The van der Waals surface area contributed by atoms with E-state index < -0.39 is 11.6 Å². The summed E-state index contributed by atoms with van der Waals surface area (Å²) in [6.07, 6.45) is 0. The highest BCUT2D eigenvalue weighted by Crippen LogP contribution is 2.38. The Labute approximate surface area is 130 Å². The average Bonchev–Trinajstić information content (AvgIpc) is 2.94. The van der Waals surface area contributed by atoms with Gasteiger partial charge in [-0.25, -0.2) is 8.78 Å². The van der Waals surface area contributed by atoms with E-state index in [2.05, 4.69) is 27.7 Å². The first kappa shape index (κ1) is 13.5. The van der Waals surface area contributed by atoms with E-state index in [-0.39, 0.29) is 5.88 Å². The number of hydrogen-bond donors (Lipinski definition) is 1. The second kappa shape index (κ2) is 5.13. The third kappa shape index (κ3) is 2.42. The van der Waals surface area contributed by atoms with Crippen molar-refractivity contribution in [3.05, 3.63) is 44.2 Å². The van der Waals surface area contributed by atoms with Crippen LogP contribution in [0.25, 0.3) is 22.4 Å². The van der Waals surface area contributed by atoms with Gasteiger partial charge in [-0.3, -0.25) is 0 Å². The third-order valence-corrected chi connectivity index (χ3v) is 4.50. The maximum absolute atomic E-state index is 13.4. The topological polar surface area (TPSA) is 52.0 Å². The van der Waals surface area contributed by atoms with Crippen molar-refractivity contribution in [1.82, 2.24) is 5.16 Å². The molecule has 3 rings (SSSR count). The molecule has 2 N–H and O–H groups in total. The monoisotopic (exact) mass is 404 g/mol. The molecule has 0 aliphatic heterocycles. The number of aromatic nitrogens is 1. The van der Waals surface area contributed by atoms with Gasteiger partial charge in [-0.2, -0.15) is 0 Å². The summed E-state index contributed by atoms with van der Waals surface area (Å²) in [5.41, 5.74) is 7.73. The number of nitrogens with two attached hydrogens (primary N) is 1. The zero-order valence-corrected chi connectivity index (χ0v) is 12.8. The zero-order chi connectivity index (χ0) is 14.3. The summed E-state index contributed by atoms with van der Waals surface area (Å²) in [6, 6.07) is 5.11. The predicted octanol–water partition coefficient (Wildman–Crippen LogP) is 4.54. The second-order valence-corrected chi connectivity index (χ2v) is 6.87. The Bertz CT molecular complexity index is 764. The fraction of sp³-hybridized carbons (Fsp3) is 0. The van der Waals surface area contributed by atoms with Gasteiger partial charge in [-0.15, -0.1) is 11.3 Å². The van der Waals surface area contributed by atoms with E-state index in [4.69, 9.17) is 10.3 Å². The first-order valence-corrected chi connectivity index (χ1v) is 7.46. The van der Waals surface area contributed by atoms with Crippen molar-refractivity contribution in [3.63, 3.8) is 0 Å². The van der Waals surface area contributed by atoms with Gasteiger partial charge in [0.1, 0.15) is 17.3 Å². The van der Waals surface area contributed by atoms with Crippen LogP contribution in [-0.4, -0.2) is 5.16 Å². The number of nitrogen functional groups attached to an aromatic ring is 1. The molecule has 0 saturated carbocycles. The molecule has 7 heteroatoms. The Morgan fingerprint density at radius 1 is 1.10 bits per heavy atom. The van der Waals surface area contributed by atoms with Gasteiger partial charge in [0.05, 0.1) is 8.45 Å². The van der Waals surface area contributed by atoms with Crippen LogP contribution in [0.2, 0.25) is 0 Å². The first-order chi connectivity index (χ1) is 9.54. The normalized spacial score (nSPS) is 10.9. The van der Waals surface area contributed by atoms with Crippen molar-refractivity contribution in [2.24, 2.45) is 0 Å². The molecule has 0 radical (unpaired) electrons. The molecule has 0 spiro atoms. The van der Waals surface area contributed by atoms with Crippen molar-refractivity contribution >= 4 is 39.8 Å². The quantitative estimate of drug-likeness (QED) is 0.639. The van der Waals surface area contributed by atoms with Crippen LogP contribution in [0.3, 0.4) is 0 Å². The van der Waals surface area contributed by atoms with Crippen LogP contribution in [0.5, 0.6) is 0 Å². The Morgan fingerprint density at radius 2 is 1.80 bits per heavy atom. The molecule has 0 aliphatic rings. The lowest BCUT2D eigenvalue weighted by atomic mass is 10.0. The summed E-state index contributed by atoms with van der Waals surface area (Å²) in [5, 5.41) is 5.78. The average molecular weight is 404 g/mol. The van der Waals surface area contributed by atoms with E-state index >= 15 is 0 Å². The minimum atomic E-state index is -0.675. The maximum atomic E-state index is 13.4. The molecule has 0 atom stereocenters. The molecule has 0 saturated heterocycles. The lowest BCUT2D eigenvalue weighted by molar-refractivity contribution is 0.439. The van der Waals surface area contributed by atoms with Crippen LogP contribution in [0.15, 0.2) is 34.2 Å². The zero-order valence-electron chi connectivity index (χ0n) is 9.86. The van der Waals surface area contributed by atoms with Gasteiger partial charge in [-0.05, 0) is 46.4 Å². The Morgan fingerprint density at radius 3 is 2.40 bits per heavy atom. The summed E-state index contributed by atoms with van der Waals surface area (Å²) >= 11 is 3.71. The molecular formula is C13H7F2IN2OS. The SMILES string of the molecule is Nc1onc(-c2csc(I)c2)c1-c1cc(F)cc(F)c1. The Hall–Kier alpha value is -1.48.